The highest BCUT2D eigenvalue weighted by atomic mass is 79.9. The largest absolute Gasteiger partial charge is 0.456 e. The molecule has 1 aliphatic carbocycles. The summed E-state index contributed by atoms with van der Waals surface area (Å²) in [5.74, 6) is -0.500. The van der Waals surface area contributed by atoms with E-state index >= 15 is 0 Å². The van der Waals surface area contributed by atoms with E-state index in [-0.39, 0.29) is 10.7 Å². The molecule has 0 aromatic carbocycles. The summed E-state index contributed by atoms with van der Waals surface area (Å²) in [6.07, 6.45) is 8.06. The van der Waals surface area contributed by atoms with Gasteiger partial charge < -0.3 is 9.64 Å². The average molecular weight is 455 g/mol. The van der Waals surface area contributed by atoms with Crippen LogP contribution in [0.4, 0.5) is 0 Å². The molecule has 0 unspecified atom stereocenters. The molecule has 5 heteroatoms. The highest BCUT2D eigenvalue weighted by Crippen LogP contribution is 2.30. The number of esters is 1. The van der Waals surface area contributed by atoms with Crippen LogP contribution in [0.2, 0.25) is 0 Å². The molecule has 27 heavy (non-hydrogen) atoms. The van der Waals surface area contributed by atoms with Crippen molar-refractivity contribution >= 4 is 33.5 Å². The normalized spacial score (nSPS) is 16.1. The Labute approximate surface area is 176 Å². The molecule has 0 atom stereocenters. The van der Waals surface area contributed by atoms with Crippen LogP contribution in [0.25, 0.3) is 0 Å². The van der Waals surface area contributed by atoms with Gasteiger partial charge in [-0.05, 0) is 77.2 Å². The molecule has 0 bridgehead atoms. The molecule has 0 heterocycles. The first-order chi connectivity index (χ1) is 12.3. The summed E-state index contributed by atoms with van der Waals surface area (Å²) in [6, 6.07) is 0. The number of halogens is 2. The molecular weight excluding hydrogens is 426 g/mol. The number of rotatable bonds is 6. The van der Waals surface area contributed by atoms with E-state index < -0.39 is 11.6 Å². The third kappa shape index (κ3) is 7.19. The molecule has 0 aromatic rings. The van der Waals surface area contributed by atoms with E-state index in [1.165, 1.54) is 5.57 Å². The minimum atomic E-state index is -0.625. The summed E-state index contributed by atoms with van der Waals surface area (Å²) in [6.45, 7) is 18.9. The Morgan fingerprint density at radius 2 is 1.89 bits per heavy atom. The summed E-state index contributed by atoms with van der Waals surface area (Å²) in [5, 5.41) is 0.231. The molecular formula is C22H29BrClNO2. The molecule has 0 amide bonds. The van der Waals surface area contributed by atoms with Crippen molar-refractivity contribution in [3.05, 3.63) is 69.1 Å². The van der Waals surface area contributed by atoms with Crippen molar-refractivity contribution in [2.45, 2.75) is 60.0 Å². The maximum Gasteiger partial charge on any atom is 0.341 e. The quantitative estimate of drug-likeness (QED) is 0.186. The van der Waals surface area contributed by atoms with Crippen LogP contribution in [0.3, 0.4) is 0 Å². The van der Waals surface area contributed by atoms with Crippen LogP contribution in [0, 0.1) is 0 Å². The number of hydrogen-bond acceptors (Lipinski definition) is 3. The Balaban J connectivity index is 3.37. The molecule has 0 radical (unpaired) electrons. The lowest BCUT2D eigenvalue weighted by atomic mass is 9.99. The standard InChI is InChI=1S/C22H29BrClNO2/c1-14(2)19(21(26)27-22(6,7)8)20(24)25(15(3)4)13-16(5)17-10-9-11-18(23)12-17/h11-13H,1,3,9-10H2,2,4-8H3/b16-13+,20-19+. The fraction of sp³-hybridized carbons (Fsp3) is 0.409. The van der Waals surface area contributed by atoms with Gasteiger partial charge in [-0.1, -0.05) is 46.8 Å². The summed E-state index contributed by atoms with van der Waals surface area (Å²) < 4.78 is 6.57. The van der Waals surface area contributed by atoms with Gasteiger partial charge >= 0.3 is 5.97 Å². The zero-order valence-corrected chi connectivity index (χ0v) is 19.4. The Hall–Kier alpha value is -1.52. The lowest BCUT2D eigenvalue weighted by Gasteiger charge is -2.26. The molecule has 0 N–H and O–H groups in total. The average Bonchev–Trinajstić information content (AvgIpc) is 2.49. The number of carbonyl (C=O) groups is 1. The highest BCUT2D eigenvalue weighted by Gasteiger charge is 2.25. The van der Waals surface area contributed by atoms with Gasteiger partial charge in [0.25, 0.3) is 0 Å². The zero-order valence-electron chi connectivity index (χ0n) is 17.1. The van der Waals surface area contributed by atoms with Crippen molar-refractivity contribution in [1.29, 1.82) is 0 Å². The molecule has 0 fully saturated rings. The molecule has 1 rings (SSSR count). The van der Waals surface area contributed by atoms with Gasteiger partial charge in [-0.2, -0.15) is 0 Å². The number of carbonyl (C=O) groups excluding carboxylic acids is 1. The van der Waals surface area contributed by atoms with Crippen LogP contribution in [0.1, 0.15) is 54.4 Å². The smallest absolute Gasteiger partial charge is 0.341 e. The number of hydrogen-bond donors (Lipinski definition) is 0. The van der Waals surface area contributed by atoms with Crippen molar-refractivity contribution in [2.24, 2.45) is 0 Å². The Kier molecular flexibility index (Phi) is 8.37. The molecule has 0 saturated heterocycles. The first-order valence-corrected chi connectivity index (χ1v) is 9.99. The fourth-order valence-electron chi connectivity index (χ4n) is 2.47. The Morgan fingerprint density at radius 1 is 1.30 bits per heavy atom. The van der Waals surface area contributed by atoms with E-state index in [2.05, 4.69) is 41.2 Å². The molecule has 1 aliphatic rings. The van der Waals surface area contributed by atoms with Crippen LogP contribution in [-0.4, -0.2) is 16.5 Å². The second-order valence-corrected chi connectivity index (χ2v) is 8.94. The van der Waals surface area contributed by atoms with Crippen molar-refractivity contribution < 1.29 is 9.53 Å². The third-order valence-corrected chi connectivity index (χ3v) is 4.68. The summed E-state index contributed by atoms with van der Waals surface area (Å²) in [7, 11) is 0. The fourth-order valence-corrected chi connectivity index (χ4v) is 3.41. The van der Waals surface area contributed by atoms with Gasteiger partial charge in [0.05, 0.1) is 5.57 Å². The second kappa shape index (κ2) is 9.61. The number of nitrogens with zero attached hydrogens (tertiary/aromatic N) is 1. The molecule has 0 aliphatic heterocycles. The molecule has 0 saturated carbocycles. The molecule has 148 valence electrons. The Bertz CT molecular complexity index is 764. The molecule has 3 nitrogen and oxygen atoms in total. The number of allylic oxidation sites excluding steroid dienone is 6. The Morgan fingerprint density at radius 3 is 2.33 bits per heavy atom. The van der Waals surface area contributed by atoms with Gasteiger partial charge in [-0.25, -0.2) is 4.79 Å². The third-order valence-electron chi connectivity index (χ3n) is 3.75. The predicted molar refractivity (Wildman–Crippen MR) is 118 cm³/mol. The van der Waals surface area contributed by atoms with Gasteiger partial charge in [-0.15, -0.1) is 0 Å². The SMILES string of the molecule is C=C(C)/C(C(=O)OC(C)(C)C)=C(/Cl)N(/C=C(\C)C1=CC(Br)=CCC1)C(=C)C. The lowest BCUT2D eigenvalue weighted by molar-refractivity contribution is -0.149. The van der Waals surface area contributed by atoms with E-state index in [1.807, 2.05) is 40.8 Å². The van der Waals surface area contributed by atoms with E-state index in [4.69, 9.17) is 16.3 Å². The topological polar surface area (TPSA) is 29.5 Å². The van der Waals surface area contributed by atoms with Crippen LogP contribution >= 0.6 is 27.5 Å². The zero-order chi connectivity index (χ0) is 20.9. The maximum atomic E-state index is 12.7. The van der Waals surface area contributed by atoms with Crippen molar-refractivity contribution in [1.82, 2.24) is 4.90 Å². The maximum absolute atomic E-state index is 12.7. The monoisotopic (exact) mass is 453 g/mol. The van der Waals surface area contributed by atoms with Gasteiger partial charge in [-0.3, -0.25) is 0 Å². The van der Waals surface area contributed by atoms with Gasteiger partial charge in [0, 0.05) is 16.4 Å². The highest BCUT2D eigenvalue weighted by molar-refractivity contribution is 9.11. The second-order valence-electron chi connectivity index (χ2n) is 7.66. The predicted octanol–water partition coefficient (Wildman–Crippen LogP) is 7.09. The molecule has 0 aromatic heterocycles. The van der Waals surface area contributed by atoms with Gasteiger partial charge in [0.15, 0.2) is 0 Å². The van der Waals surface area contributed by atoms with E-state index in [1.54, 1.807) is 11.8 Å². The van der Waals surface area contributed by atoms with Crippen molar-refractivity contribution in [3.63, 3.8) is 0 Å². The van der Waals surface area contributed by atoms with Crippen LogP contribution in [0.5, 0.6) is 0 Å². The number of ether oxygens (including phenoxy) is 1. The van der Waals surface area contributed by atoms with Crippen molar-refractivity contribution in [2.75, 3.05) is 0 Å². The first-order valence-electron chi connectivity index (χ1n) is 8.82. The van der Waals surface area contributed by atoms with Crippen LogP contribution in [0.15, 0.2) is 69.1 Å². The first kappa shape index (κ1) is 23.5. The van der Waals surface area contributed by atoms with E-state index in [0.717, 1.165) is 22.9 Å². The van der Waals surface area contributed by atoms with Crippen LogP contribution < -0.4 is 0 Å². The van der Waals surface area contributed by atoms with E-state index in [0.29, 0.717) is 11.3 Å². The minimum Gasteiger partial charge on any atom is -0.456 e. The summed E-state index contributed by atoms with van der Waals surface area (Å²) >= 11 is 10.2. The summed E-state index contributed by atoms with van der Waals surface area (Å²) in [5.41, 5.74) is 3.10. The lowest BCUT2D eigenvalue weighted by Crippen LogP contribution is -2.27. The van der Waals surface area contributed by atoms with Gasteiger partial charge in [0.2, 0.25) is 0 Å². The van der Waals surface area contributed by atoms with Gasteiger partial charge in [0.1, 0.15) is 10.8 Å². The molecule has 0 spiro atoms. The minimum absolute atomic E-state index is 0.231. The van der Waals surface area contributed by atoms with E-state index in [9.17, 15) is 4.79 Å². The van der Waals surface area contributed by atoms with Crippen molar-refractivity contribution in [3.8, 4) is 0 Å². The summed E-state index contributed by atoms with van der Waals surface area (Å²) in [4.78, 5) is 14.4. The van der Waals surface area contributed by atoms with Crippen LogP contribution in [-0.2, 0) is 9.53 Å².